The maximum atomic E-state index is 11.1. The van der Waals surface area contributed by atoms with Crippen molar-refractivity contribution in [2.75, 3.05) is 32.6 Å². The third kappa shape index (κ3) is 3.75. The van der Waals surface area contributed by atoms with E-state index in [1.165, 1.54) is 0 Å². The molecule has 0 bridgehead atoms. The summed E-state index contributed by atoms with van der Waals surface area (Å²) in [6.07, 6.45) is 0. The number of hydrogen-bond acceptors (Lipinski definition) is 4. The molecule has 0 fully saturated rings. The Morgan fingerprint density at radius 2 is 1.82 bits per heavy atom. The fraction of sp³-hybridized carbons (Fsp3) is 0.294. The van der Waals surface area contributed by atoms with Gasteiger partial charge in [0.25, 0.3) is 0 Å². The van der Waals surface area contributed by atoms with Gasteiger partial charge in [-0.15, -0.1) is 0 Å². The van der Waals surface area contributed by atoms with Crippen molar-refractivity contribution in [3.8, 4) is 5.75 Å². The van der Waals surface area contributed by atoms with Crippen molar-refractivity contribution in [1.29, 1.82) is 0 Å². The molecule has 116 valence electrons. The highest BCUT2D eigenvalue weighted by atomic mass is 16.6. The van der Waals surface area contributed by atoms with Gasteiger partial charge in [0.05, 0.1) is 13.0 Å². The van der Waals surface area contributed by atoms with Gasteiger partial charge in [0.1, 0.15) is 5.75 Å². The van der Waals surface area contributed by atoms with E-state index in [2.05, 4.69) is 0 Å². The molecule has 0 heterocycles. The molecule has 0 N–H and O–H groups in total. The zero-order chi connectivity index (χ0) is 16.1. The van der Waals surface area contributed by atoms with Crippen LogP contribution in [0.4, 0.5) is 5.69 Å². The van der Waals surface area contributed by atoms with E-state index in [-0.39, 0.29) is 17.4 Å². The summed E-state index contributed by atoms with van der Waals surface area (Å²) in [7, 11) is 5.52. The predicted molar refractivity (Wildman–Crippen MR) is 87.5 cm³/mol. The van der Waals surface area contributed by atoms with E-state index in [1.54, 1.807) is 7.11 Å². The third-order valence-electron chi connectivity index (χ3n) is 3.64. The zero-order valence-electron chi connectivity index (χ0n) is 13.0. The number of benzene rings is 2. The van der Waals surface area contributed by atoms with Gasteiger partial charge in [0.2, 0.25) is 6.54 Å². The van der Waals surface area contributed by atoms with Crippen LogP contribution in [0.15, 0.2) is 48.5 Å². The standard InChI is InChI=1S/C17H20N2O3/c1-18(2)15-9-7-13(8-10-15)17(12-19(20)21)14-5-4-6-16(11-14)22-3/h4-11,17H,12H2,1-3H3/t17-/m0/s1. The lowest BCUT2D eigenvalue weighted by atomic mass is 9.91. The van der Waals surface area contributed by atoms with E-state index in [0.29, 0.717) is 5.75 Å². The van der Waals surface area contributed by atoms with Crippen LogP contribution in [-0.4, -0.2) is 32.7 Å². The van der Waals surface area contributed by atoms with Crippen LogP contribution in [-0.2, 0) is 0 Å². The van der Waals surface area contributed by atoms with Gasteiger partial charge in [-0.3, -0.25) is 10.1 Å². The Kier molecular flexibility index (Phi) is 4.99. The lowest BCUT2D eigenvalue weighted by molar-refractivity contribution is -0.481. The Balaban J connectivity index is 2.38. The molecule has 0 aromatic heterocycles. The number of methoxy groups -OCH3 is 1. The van der Waals surface area contributed by atoms with Crippen molar-refractivity contribution in [2.24, 2.45) is 0 Å². The summed E-state index contributed by atoms with van der Waals surface area (Å²) in [5, 5.41) is 11.1. The summed E-state index contributed by atoms with van der Waals surface area (Å²) in [6.45, 7) is -0.144. The minimum absolute atomic E-state index is 0.144. The molecule has 0 amide bonds. The minimum Gasteiger partial charge on any atom is -0.497 e. The number of nitro groups is 1. The van der Waals surface area contributed by atoms with Gasteiger partial charge in [0.15, 0.2) is 0 Å². The smallest absolute Gasteiger partial charge is 0.214 e. The molecule has 0 aliphatic heterocycles. The number of anilines is 1. The molecule has 22 heavy (non-hydrogen) atoms. The van der Waals surface area contributed by atoms with Gasteiger partial charge in [-0.05, 0) is 35.4 Å². The minimum atomic E-state index is -0.290. The molecule has 2 aromatic rings. The lowest BCUT2D eigenvalue weighted by Crippen LogP contribution is -2.14. The van der Waals surface area contributed by atoms with Gasteiger partial charge in [0, 0.05) is 24.7 Å². The Morgan fingerprint density at radius 3 is 2.36 bits per heavy atom. The van der Waals surface area contributed by atoms with Gasteiger partial charge in [-0.1, -0.05) is 24.3 Å². The average Bonchev–Trinajstić information content (AvgIpc) is 2.52. The SMILES string of the molecule is COc1cccc([C@@H](C[N+](=O)[O-])c2ccc(N(C)C)cc2)c1. The molecule has 1 atom stereocenters. The fourth-order valence-electron chi connectivity index (χ4n) is 2.42. The quantitative estimate of drug-likeness (QED) is 0.607. The molecule has 0 aliphatic carbocycles. The summed E-state index contributed by atoms with van der Waals surface area (Å²) in [5.41, 5.74) is 2.87. The summed E-state index contributed by atoms with van der Waals surface area (Å²) in [4.78, 5) is 12.8. The molecular formula is C17H20N2O3. The first-order valence-corrected chi connectivity index (χ1v) is 7.04. The predicted octanol–water partition coefficient (Wildman–Crippen LogP) is 3.17. The number of rotatable bonds is 6. The average molecular weight is 300 g/mol. The third-order valence-corrected chi connectivity index (χ3v) is 3.64. The van der Waals surface area contributed by atoms with Crippen molar-refractivity contribution in [3.63, 3.8) is 0 Å². The van der Waals surface area contributed by atoms with E-state index in [9.17, 15) is 10.1 Å². The van der Waals surface area contributed by atoms with Gasteiger partial charge in [-0.25, -0.2) is 0 Å². The monoisotopic (exact) mass is 300 g/mol. The Labute approximate surface area is 130 Å². The van der Waals surface area contributed by atoms with E-state index in [4.69, 9.17) is 4.74 Å². The molecule has 0 unspecified atom stereocenters. The maximum absolute atomic E-state index is 11.1. The molecule has 0 aliphatic rings. The second-order valence-corrected chi connectivity index (χ2v) is 5.33. The second kappa shape index (κ2) is 6.93. The highest BCUT2D eigenvalue weighted by Crippen LogP contribution is 2.28. The van der Waals surface area contributed by atoms with E-state index >= 15 is 0 Å². The Hall–Kier alpha value is -2.56. The molecule has 0 spiro atoms. The van der Waals surface area contributed by atoms with Crippen LogP contribution in [0.25, 0.3) is 0 Å². The van der Waals surface area contributed by atoms with Crippen LogP contribution < -0.4 is 9.64 Å². The molecule has 2 aromatic carbocycles. The van der Waals surface area contributed by atoms with Gasteiger partial charge in [-0.2, -0.15) is 0 Å². The van der Waals surface area contributed by atoms with Crippen molar-refractivity contribution in [1.82, 2.24) is 0 Å². The fourth-order valence-corrected chi connectivity index (χ4v) is 2.42. The summed E-state index contributed by atoms with van der Waals surface area (Å²) in [5.74, 6) is 0.414. The van der Waals surface area contributed by atoms with Crippen LogP contribution in [0.1, 0.15) is 17.0 Å². The summed E-state index contributed by atoms with van der Waals surface area (Å²) in [6, 6.07) is 15.3. The first kappa shape index (κ1) is 15.8. The molecule has 5 heteroatoms. The molecule has 0 saturated heterocycles. The molecular weight excluding hydrogens is 280 g/mol. The molecule has 0 radical (unpaired) electrons. The number of nitrogens with zero attached hydrogens (tertiary/aromatic N) is 2. The number of ether oxygens (including phenoxy) is 1. The topological polar surface area (TPSA) is 55.6 Å². The first-order chi connectivity index (χ1) is 10.5. The van der Waals surface area contributed by atoms with Crippen molar-refractivity contribution in [2.45, 2.75) is 5.92 Å². The van der Waals surface area contributed by atoms with Crippen LogP contribution in [0.2, 0.25) is 0 Å². The Morgan fingerprint density at radius 1 is 1.14 bits per heavy atom. The molecule has 5 nitrogen and oxygen atoms in total. The zero-order valence-corrected chi connectivity index (χ0v) is 13.0. The van der Waals surface area contributed by atoms with E-state index < -0.39 is 0 Å². The van der Waals surface area contributed by atoms with Crippen LogP contribution in [0, 0.1) is 10.1 Å². The van der Waals surface area contributed by atoms with Crippen molar-refractivity contribution in [3.05, 3.63) is 69.8 Å². The summed E-state index contributed by atoms with van der Waals surface area (Å²) < 4.78 is 5.22. The van der Waals surface area contributed by atoms with Crippen LogP contribution in [0.5, 0.6) is 5.75 Å². The number of hydrogen-bond donors (Lipinski definition) is 0. The van der Waals surface area contributed by atoms with Gasteiger partial charge >= 0.3 is 0 Å². The lowest BCUT2D eigenvalue weighted by Gasteiger charge is -2.17. The summed E-state index contributed by atoms with van der Waals surface area (Å²) >= 11 is 0. The maximum Gasteiger partial charge on any atom is 0.214 e. The highest BCUT2D eigenvalue weighted by molar-refractivity contribution is 5.48. The van der Waals surface area contributed by atoms with Crippen molar-refractivity contribution >= 4 is 5.69 Å². The normalized spacial score (nSPS) is 11.8. The second-order valence-electron chi connectivity index (χ2n) is 5.33. The highest BCUT2D eigenvalue weighted by Gasteiger charge is 2.20. The first-order valence-electron chi connectivity index (χ1n) is 7.04. The van der Waals surface area contributed by atoms with Crippen LogP contribution in [0.3, 0.4) is 0 Å². The van der Waals surface area contributed by atoms with Crippen molar-refractivity contribution < 1.29 is 9.66 Å². The largest absolute Gasteiger partial charge is 0.497 e. The van der Waals surface area contributed by atoms with Crippen LogP contribution >= 0.6 is 0 Å². The molecule has 0 saturated carbocycles. The Bertz CT molecular complexity index is 639. The molecule has 2 rings (SSSR count). The van der Waals surface area contributed by atoms with Gasteiger partial charge < -0.3 is 9.64 Å². The van der Waals surface area contributed by atoms with E-state index in [0.717, 1.165) is 16.8 Å². The van der Waals surface area contributed by atoms with E-state index in [1.807, 2.05) is 67.5 Å².